The molecule has 2 heteroatoms. The highest BCUT2D eigenvalue weighted by Gasteiger charge is 2.33. The van der Waals surface area contributed by atoms with Crippen LogP contribution >= 0.6 is 0 Å². The molecule has 2 nitrogen and oxygen atoms in total. The van der Waals surface area contributed by atoms with Crippen molar-refractivity contribution < 1.29 is 0 Å². The molecule has 13 heavy (non-hydrogen) atoms. The molecule has 0 radical (unpaired) electrons. The number of hydrogen-bond donors (Lipinski definition) is 1. The molecule has 1 aliphatic rings. The fourth-order valence-corrected chi connectivity index (χ4v) is 2.38. The molecule has 0 aliphatic carbocycles. The van der Waals surface area contributed by atoms with Gasteiger partial charge in [-0.3, -0.25) is 4.90 Å². The molecule has 1 atom stereocenters. The van der Waals surface area contributed by atoms with Crippen LogP contribution in [0.15, 0.2) is 0 Å². The maximum atomic E-state index is 3.50. The predicted molar refractivity (Wildman–Crippen MR) is 58.0 cm³/mol. The zero-order chi connectivity index (χ0) is 9.73. The second-order valence-electron chi connectivity index (χ2n) is 4.24. The van der Waals surface area contributed by atoms with Crippen molar-refractivity contribution in [3.8, 4) is 0 Å². The van der Waals surface area contributed by atoms with E-state index in [1.807, 2.05) is 0 Å². The maximum Gasteiger partial charge on any atom is 0.0328 e. The Kier molecular flexibility index (Phi) is 4.20. The molecular formula is C11H24N2. The summed E-state index contributed by atoms with van der Waals surface area (Å²) in [6, 6.07) is 0. The molecule has 0 saturated carbocycles. The molecule has 1 N–H and O–H groups in total. The van der Waals surface area contributed by atoms with Crippen LogP contribution < -0.4 is 5.32 Å². The normalized spacial score (nSPS) is 30.7. The van der Waals surface area contributed by atoms with Crippen LogP contribution in [0, 0.1) is 0 Å². The van der Waals surface area contributed by atoms with Crippen molar-refractivity contribution in [1.29, 1.82) is 0 Å². The number of nitrogens with zero attached hydrogens (tertiary/aromatic N) is 1. The monoisotopic (exact) mass is 184 g/mol. The molecule has 1 saturated heterocycles. The Morgan fingerprint density at radius 1 is 1.31 bits per heavy atom. The van der Waals surface area contributed by atoms with Gasteiger partial charge in [0.15, 0.2) is 0 Å². The average Bonchev–Trinajstić information content (AvgIpc) is 2.17. The van der Waals surface area contributed by atoms with Gasteiger partial charge in [0, 0.05) is 12.1 Å². The van der Waals surface area contributed by atoms with Gasteiger partial charge in [0.05, 0.1) is 0 Å². The first-order valence-electron chi connectivity index (χ1n) is 5.67. The van der Waals surface area contributed by atoms with Gasteiger partial charge in [-0.1, -0.05) is 20.3 Å². The number of likely N-dealkylation sites (tertiary alicyclic amines) is 1. The van der Waals surface area contributed by atoms with Crippen molar-refractivity contribution >= 4 is 0 Å². The van der Waals surface area contributed by atoms with E-state index in [4.69, 9.17) is 0 Å². The molecule has 1 fully saturated rings. The maximum absolute atomic E-state index is 3.50. The Labute approximate surface area is 82.7 Å². The first-order valence-corrected chi connectivity index (χ1v) is 5.67. The zero-order valence-electron chi connectivity index (χ0n) is 9.40. The van der Waals surface area contributed by atoms with Gasteiger partial charge in [0.2, 0.25) is 0 Å². The number of likely N-dealkylation sites (N-methyl/N-ethyl adjacent to an activating group) is 2. The van der Waals surface area contributed by atoms with E-state index >= 15 is 0 Å². The Morgan fingerprint density at radius 3 is 2.62 bits per heavy atom. The van der Waals surface area contributed by atoms with Crippen LogP contribution in [0.25, 0.3) is 0 Å². The summed E-state index contributed by atoms with van der Waals surface area (Å²) in [5.74, 6) is 0. The summed E-state index contributed by atoms with van der Waals surface area (Å²) in [7, 11) is 2.28. The van der Waals surface area contributed by atoms with E-state index in [0.717, 1.165) is 13.1 Å². The second kappa shape index (κ2) is 4.97. The van der Waals surface area contributed by atoms with E-state index in [1.54, 1.807) is 0 Å². The van der Waals surface area contributed by atoms with Crippen molar-refractivity contribution in [2.24, 2.45) is 0 Å². The fourth-order valence-electron chi connectivity index (χ4n) is 2.38. The molecule has 0 aromatic heterocycles. The smallest absolute Gasteiger partial charge is 0.0328 e. The minimum absolute atomic E-state index is 0.453. The van der Waals surface area contributed by atoms with Crippen LogP contribution in [0.1, 0.15) is 39.5 Å². The first kappa shape index (κ1) is 11.0. The highest BCUT2D eigenvalue weighted by molar-refractivity contribution is 4.92. The van der Waals surface area contributed by atoms with Gasteiger partial charge in [0.1, 0.15) is 0 Å². The summed E-state index contributed by atoms with van der Waals surface area (Å²) in [6.45, 7) is 8.04. The van der Waals surface area contributed by atoms with Crippen molar-refractivity contribution in [3.63, 3.8) is 0 Å². The molecule has 0 bridgehead atoms. The molecule has 0 amide bonds. The van der Waals surface area contributed by atoms with Gasteiger partial charge in [-0.2, -0.15) is 0 Å². The molecule has 78 valence electrons. The molecular weight excluding hydrogens is 160 g/mol. The predicted octanol–water partition coefficient (Wildman–Crippen LogP) is 1.86. The summed E-state index contributed by atoms with van der Waals surface area (Å²) in [5, 5.41) is 3.50. The van der Waals surface area contributed by atoms with E-state index in [0.29, 0.717) is 5.54 Å². The third kappa shape index (κ3) is 2.44. The van der Waals surface area contributed by atoms with Crippen molar-refractivity contribution in [2.45, 2.75) is 45.1 Å². The standard InChI is InChI=1S/C11H24N2/c1-4-11(10-12-5-2)8-6-7-9-13(11)3/h12H,4-10H2,1-3H3. The molecule has 0 spiro atoms. The number of piperidine rings is 1. The van der Waals surface area contributed by atoms with Crippen molar-refractivity contribution in [2.75, 3.05) is 26.7 Å². The minimum atomic E-state index is 0.453. The lowest BCUT2D eigenvalue weighted by Gasteiger charge is -2.45. The third-order valence-corrected chi connectivity index (χ3v) is 3.56. The largest absolute Gasteiger partial charge is 0.315 e. The van der Waals surface area contributed by atoms with Gasteiger partial charge >= 0.3 is 0 Å². The Hall–Kier alpha value is -0.0800. The topological polar surface area (TPSA) is 15.3 Å². The van der Waals surface area contributed by atoms with Crippen molar-refractivity contribution in [1.82, 2.24) is 10.2 Å². The minimum Gasteiger partial charge on any atom is -0.315 e. The lowest BCUT2D eigenvalue weighted by Crippen LogP contribution is -2.55. The zero-order valence-corrected chi connectivity index (χ0v) is 9.40. The van der Waals surface area contributed by atoms with Gasteiger partial charge in [-0.15, -0.1) is 0 Å². The van der Waals surface area contributed by atoms with Crippen LogP contribution in [0.5, 0.6) is 0 Å². The average molecular weight is 184 g/mol. The summed E-state index contributed by atoms with van der Waals surface area (Å²) in [5.41, 5.74) is 0.453. The highest BCUT2D eigenvalue weighted by Crippen LogP contribution is 2.29. The number of hydrogen-bond acceptors (Lipinski definition) is 2. The SMILES string of the molecule is CCNCC1(CC)CCCCN1C. The molecule has 0 aromatic rings. The molecule has 1 unspecified atom stereocenters. The van der Waals surface area contributed by atoms with E-state index in [2.05, 4.69) is 31.1 Å². The number of rotatable bonds is 4. The Balaban J connectivity index is 2.53. The summed E-state index contributed by atoms with van der Waals surface area (Å²) in [4.78, 5) is 2.55. The quantitative estimate of drug-likeness (QED) is 0.717. The first-order chi connectivity index (χ1) is 6.25. The van der Waals surface area contributed by atoms with Crippen LogP contribution in [0.2, 0.25) is 0 Å². The Bertz CT molecular complexity index is 147. The number of nitrogens with one attached hydrogen (secondary N) is 1. The van der Waals surface area contributed by atoms with Gasteiger partial charge in [0.25, 0.3) is 0 Å². The fraction of sp³-hybridized carbons (Fsp3) is 1.00. The van der Waals surface area contributed by atoms with Gasteiger partial charge < -0.3 is 5.32 Å². The third-order valence-electron chi connectivity index (χ3n) is 3.56. The molecule has 1 rings (SSSR count). The van der Waals surface area contributed by atoms with E-state index in [-0.39, 0.29) is 0 Å². The van der Waals surface area contributed by atoms with E-state index < -0.39 is 0 Å². The van der Waals surface area contributed by atoms with Crippen molar-refractivity contribution in [3.05, 3.63) is 0 Å². The second-order valence-corrected chi connectivity index (χ2v) is 4.24. The van der Waals surface area contributed by atoms with Crippen LogP contribution in [-0.4, -0.2) is 37.1 Å². The molecule has 1 aliphatic heterocycles. The highest BCUT2D eigenvalue weighted by atomic mass is 15.2. The van der Waals surface area contributed by atoms with E-state index in [1.165, 1.54) is 32.2 Å². The summed E-state index contributed by atoms with van der Waals surface area (Å²) in [6.07, 6.45) is 5.43. The van der Waals surface area contributed by atoms with E-state index in [9.17, 15) is 0 Å². The lowest BCUT2D eigenvalue weighted by atomic mass is 9.84. The van der Waals surface area contributed by atoms with Gasteiger partial charge in [-0.05, 0) is 39.4 Å². The van der Waals surface area contributed by atoms with Crippen LogP contribution in [-0.2, 0) is 0 Å². The van der Waals surface area contributed by atoms with Crippen LogP contribution in [0.3, 0.4) is 0 Å². The van der Waals surface area contributed by atoms with Crippen LogP contribution in [0.4, 0.5) is 0 Å². The summed E-state index contributed by atoms with van der Waals surface area (Å²) < 4.78 is 0. The lowest BCUT2D eigenvalue weighted by molar-refractivity contribution is 0.0687. The van der Waals surface area contributed by atoms with Gasteiger partial charge in [-0.25, -0.2) is 0 Å². The molecule has 0 aromatic carbocycles. The molecule has 1 heterocycles. The Morgan fingerprint density at radius 2 is 2.08 bits per heavy atom. The summed E-state index contributed by atoms with van der Waals surface area (Å²) >= 11 is 0.